The maximum atomic E-state index is 11.6. The molecule has 0 saturated heterocycles. The summed E-state index contributed by atoms with van der Waals surface area (Å²) in [4.78, 5) is 27.1. The highest BCUT2D eigenvalue weighted by atomic mass is 16.4. The lowest BCUT2D eigenvalue weighted by Gasteiger charge is -2.22. The third-order valence-corrected chi connectivity index (χ3v) is 4.48. The monoisotopic (exact) mass is 353 g/mol. The van der Waals surface area contributed by atoms with Crippen LogP contribution in [0.4, 0.5) is 0 Å². The standard InChI is InChI=1S/C18H31N3O4/c1-5-13(4)6-7-21-11-19-10-14(21)9-16(18(24)25)20-15(17(22)23)8-12(2)3/h10-13,15-16,20H,5-9H2,1-4H3,(H,22,23)(H,24,25). The molecule has 25 heavy (non-hydrogen) atoms. The number of aliphatic carboxylic acids is 2. The van der Waals surface area contributed by atoms with Crippen LogP contribution < -0.4 is 5.32 Å². The summed E-state index contributed by atoms with van der Waals surface area (Å²) in [7, 11) is 0. The van der Waals surface area contributed by atoms with Gasteiger partial charge in [-0.05, 0) is 24.7 Å². The normalized spacial score (nSPS) is 15.1. The maximum Gasteiger partial charge on any atom is 0.321 e. The minimum absolute atomic E-state index is 0.157. The zero-order valence-corrected chi connectivity index (χ0v) is 15.6. The predicted molar refractivity (Wildman–Crippen MR) is 95.4 cm³/mol. The third-order valence-electron chi connectivity index (χ3n) is 4.48. The van der Waals surface area contributed by atoms with Gasteiger partial charge in [-0.2, -0.15) is 0 Å². The Hall–Kier alpha value is -1.89. The van der Waals surface area contributed by atoms with E-state index in [4.69, 9.17) is 0 Å². The van der Waals surface area contributed by atoms with Gasteiger partial charge in [0.05, 0.1) is 6.33 Å². The molecule has 1 heterocycles. The summed E-state index contributed by atoms with van der Waals surface area (Å²) >= 11 is 0. The molecule has 7 heteroatoms. The van der Waals surface area contributed by atoms with Crippen LogP contribution in [0.25, 0.3) is 0 Å². The van der Waals surface area contributed by atoms with E-state index in [0.717, 1.165) is 25.1 Å². The van der Waals surface area contributed by atoms with Crippen LogP contribution >= 0.6 is 0 Å². The van der Waals surface area contributed by atoms with Crippen molar-refractivity contribution >= 4 is 11.9 Å². The first-order chi connectivity index (χ1) is 11.7. The quantitative estimate of drug-likeness (QED) is 0.533. The van der Waals surface area contributed by atoms with Crippen molar-refractivity contribution in [2.24, 2.45) is 11.8 Å². The van der Waals surface area contributed by atoms with E-state index >= 15 is 0 Å². The van der Waals surface area contributed by atoms with Crippen LogP contribution in [0.5, 0.6) is 0 Å². The van der Waals surface area contributed by atoms with Gasteiger partial charge in [-0.3, -0.25) is 14.9 Å². The maximum absolute atomic E-state index is 11.6. The summed E-state index contributed by atoms with van der Waals surface area (Å²) in [5.41, 5.74) is 0.803. The fourth-order valence-corrected chi connectivity index (χ4v) is 2.66. The number of aryl methyl sites for hydroxylation is 1. The topological polar surface area (TPSA) is 104 Å². The average Bonchev–Trinajstić information content (AvgIpc) is 2.97. The Morgan fingerprint density at radius 3 is 2.36 bits per heavy atom. The lowest BCUT2D eigenvalue weighted by atomic mass is 10.0. The second-order valence-corrected chi connectivity index (χ2v) is 7.16. The molecule has 1 rings (SSSR count). The van der Waals surface area contributed by atoms with Crippen molar-refractivity contribution in [2.45, 2.75) is 72.0 Å². The van der Waals surface area contributed by atoms with Gasteiger partial charge in [-0.25, -0.2) is 4.98 Å². The Balaban J connectivity index is 2.80. The molecule has 1 aromatic rings. The van der Waals surface area contributed by atoms with Crippen molar-refractivity contribution in [2.75, 3.05) is 0 Å². The molecule has 0 radical (unpaired) electrons. The molecule has 0 spiro atoms. The van der Waals surface area contributed by atoms with Gasteiger partial charge in [-0.1, -0.05) is 34.1 Å². The number of hydrogen-bond donors (Lipinski definition) is 3. The summed E-state index contributed by atoms with van der Waals surface area (Å²) in [6, 6.07) is -1.84. The minimum Gasteiger partial charge on any atom is -0.480 e. The SMILES string of the molecule is CCC(C)CCn1cncc1CC(NC(CC(C)C)C(=O)O)C(=O)O. The second-order valence-electron chi connectivity index (χ2n) is 7.16. The number of carbonyl (C=O) groups is 2. The number of aromatic nitrogens is 2. The number of hydrogen-bond acceptors (Lipinski definition) is 4. The molecule has 0 aromatic carbocycles. The van der Waals surface area contributed by atoms with Crippen molar-refractivity contribution in [1.29, 1.82) is 0 Å². The molecule has 7 nitrogen and oxygen atoms in total. The van der Waals surface area contributed by atoms with Crippen LogP contribution in [0, 0.1) is 11.8 Å². The predicted octanol–water partition coefficient (Wildman–Crippen LogP) is 2.40. The minimum atomic E-state index is -1.05. The van der Waals surface area contributed by atoms with E-state index < -0.39 is 24.0 Å². The van der Waals surface area contributed by atoms with Crippen LogP contribution in [0.1, 0.15) is 52.7 Å². The number of carboxylic acids is 2. The molecule has 3 N–H and O–H groups in total. The van der Waals surface area contributed by atoms with Crippen LogP contribution in [-0.4, -0.2) is 43.8 Å². The molecule has 3 atom stereocenters. The van der Waals surface area contributed by atoms with Gasteiger partial charge in [0.1, 0.15) is 12.1 Å². The number of nitrogens with one attached hydrogen (secondary N) is 1. The third kappa shape index (κ3) is 7.25. The fourth-order valence-electron chi connectivity index (χ4n) is 2.66. The molecule has 0 aliphatic carbocycles. The van der Waals surface area contributed by atoms with Crippen LogP contribution in [-0.2, 0) is 22.6 Å². The Kier molecular flexibility index (Phi) is 8.61. The van der Waals surface area contributed by atoms with E-state index in [1.807, 2.05) is 18.4 Å². The van der Waals surface area contributed by atoms with E-state index in [1.165, 1.54) is 0 Å². The lowest BCUT2D eigenvalue weighted by molar-refractivity contribution is -0.142. The summed E-state index contributed by atoms with van der Waals surface area (Å²) in [5, 5.41) is 21.6. The van der Waals surface area contributed by atoms with Crippen molar-refractivity contribution in [3.8, 4) is 0 Å². The van der Waals surface area contributed by atoms with Crippen LogP contribution in [0.3, 0.4) is 0 Å². The molecule has 1 aromatic heterocycles. The molecule has 142 valence electrons. The zero-order valence-electron chi connectivity index (χ0n) is 15.6. The highest BCUT2D eigenvalue weighted by Crippen LogP contribution is 2.12. The largest absolute Gasteiger partial charge is 0.480 e. The summed E-state index contributed by atoms with van der Waals surface area (Å²) in [6.45, 7) is 8.94. The molecular weight excluding hydrogens is 322 g/mol. The Labute approximate surface area is 149 Å². The number of carboxylic acid groups (broad SMARTS) is 2. The highest BCUT2D eigenvalue weighted by Gasteiger charge is 2.27. The van der Waals surface area contributed by atoms with Crippen molar-refractivity contribution < 1.29 is 19.8 Å². The molecule has 3 unspecified atom stereocenters. The van der Waals surface area contributed by atoms with E-state index in [2.05, 4.69) is 24.1 Å². The van der Waals surface area contributed by atoms with Gasteiger partial charge in [0.2, 0.25) is 0 Å². The van der Waals surface area contributed by atoms with Crippen molar-refractivity contribution in [3.63, 3.8) is 0 Å². The van der Waals surface area contributed by atoms with E-state index in [-0.39, 0.29) is 12.3 Å². The van der Waals surface area contributed by atoms with Gasteiger partial charge in [0.15, 0.2) is 0 Å². The first-order valence-corrected chi connectivity index (χ1v) is 8.95. The Bertz CT molecular complexity index is 556. The molecular formula is C18H31N3O4. The summed E-state index contributed by atoms with van der Waals surface area (Å²) in [6.07, 6.45) is 6.05. The Morgan fingerprint density at radius 2 is 1.84 bits per heavy atom. The summed E-state index contributed by atoms with van der Waals surface area (Å²) < 4.78 is 1.96. The van der Waals surface area contributed by atoms with Crippen molar-refractivity contribution in [3.05, 3.63) is 18.2 Å². The van der Waals surface area contributed by atoms with Gasteiger partial charge < -0.3 is 14.8 Å². The van der Waals surface area contributed by atoms with Gasteiger partial charge in [-0.15, -0.1) is 0 Å². The van der Waals surface area contributed by atoms with E-state index in [9.17, 15) is 19.8 Å². The van der Waals surface area contributed by atoms with Gasteiger partial charge in [0, 0.05) is 24.9 Å². The summed E-state index contributed by atoms with van der Waals surface area (Å²) in [5.74, 6) is -1.33. The molecule has 0 fully saturated rings. The molecule has 0 saturated carbocycles. The zero-order chi connectivity index (χ0) is 19.0. The molecule has 0 aliphatic heterocycles. The van der Waals surface area contributed by atoms with Crippen LogP contribution in [0.15, 0.2) is 12.5 Å². The fraction of sp³-hybridized carbons (Fsp3) is 0.722. The lowest BCUT2D eigenvalue weighted by Crippen LogP contribution is -2.49. The van der Waals surface area contributed by atoms with Crippen LogP contribution in [0.2, 0.25) is 0 Å². The first-order valence-electron chi connectivity index (χ1n) is 8.95. The Morgan fingerprint density at radius 1 is 1.20 bits per heavy atom. The van der Waals surface area contributed by atoms with Gasteiger partial charge >= 0.3 is 11.9 Å². The molecule has 0 bridgehead atoms. The smallest absolute Gasteiger partial charge is 0.321 e. The average molecular weight is 353 g/mol. The number of nitrogens with zero attached hydrogens (tertiary/aromatic N) is 2. The second kappa shape index (κ2) is 10.2. The number of rotatable bonds is 12. The molecule has 0 amide bonds. The number of imidazole rings is 1. The van der Waals surface area contributed by atoms with Crippen molar-refractivity contribution in [1.82, 2.24) is 14.9 Å². The van der Waals surface area contributed by atoms with E-state index in [0.29, 0.717) is 12.3 Å². The first kappa shape index (κ1) is 21.2. The van der Waals surface area contributed by atoms with Gasteiger partial charge in [0.25, 0.3) is 0 Å². The molecule has 0 aliphatic rings. The van der Waals surface area contributed by atoms with E-state index in [1.54, 1.807) is 12.5 Å². The highest BCUT2D eigenvalue weighted by molar-refractivity contribution is 5.77.